The van der Waals surface area contributed by atoms with Gasteiger partial charge in [-0.05, 0) is 6.92 Å². The molecule has 2 aromatic heterocycles. The average molecular weight is 332 g/mol. The first-order valence-corrected chi connectivity index (χ1v) is 7.20. The van der Waals surface area contributed by atoms with E-state index in [0.717, 1.165) is 23.9 Å². The molecule has 1 amide bonds. The van der Waals surface area contributed by atoms with E-state index in [0.29, 0.717) is 5.65 Å². The number of carbonyl (C=O) groups is 1. The monoisotopic (exact) mass is 332 g/mol. The smallest absolute Gasteiger partial charge is 0.273 e. The summed E-state index contributed by atoms with van der Waals surface area (Å²) < 4.78 is 33.0. The van der Waals surface area contributed by atoms with Crippen molar-refractivity contribution in [1.29, 1.82) is 0 Å². The van der Waals surface area contributed by atoms with E-state index in [1.165, 1.54) is 6.20 Å². The van der Waals surface area contributed by atoms with Crippen LogP contribution >= 0.6 is 0 Å². The zero-order valence-electron chi connectivity index (χ0n) is 12.8. The van der Waals surface area contributed by atoms with E-state index in [1.807, 2.05) is 6.92 Å². The Morgan fingerprint density at radius 3 is 2.79 bits per heavy atom. The molecule has 0 spiro atoms. The number of carbonyl (C=O) groups excluding carboxylic acids is 1. The maximum Gasteiger partial charge on any atom is 0.273 e. The second kappa shape index (κ2) is 6.61. The minimum atomic E-state index is -0.723. The Kier molecular flexibility index (Phi) is 4.37. The van der Waals surface area contributed by atoms with Crippen LogP contribution in [0.3, 0.4) is 0 Å². The fourth-order valence-electron chi connectivity index (χ4n) is 2.23. The molecule has 0 saturated carbocycles. The van der Waals surface area contributed by atoms with E-state index in [2.05, 4.69) is 15.3 Å². The summed E-state index contributed by atoms with van der Waals surface area (Å²) in [6.45, 7) is 2.03. The predicted octanol–water partition coefficient (Wildman–Crippen LogP) is 2.12. The van der Waals surface area contributed by atoms with Crippen LogP contribution in [0.15, 0.2) is 36.8 Å². The Morgan fingerprint density at radius 1 is 1.29 bits per heavy atom. The number of benzene rings is 1. The number of fused-ring (bicyclic) bond motifs is 1. The maximum atomic E-state index is 13.0. The van der Waals surface area contributed by atoms with Gasteiger partial charge in [-0.1, -0.05) is 0 Å². The summed E-state index contributed by atoms with van der Waals surface area (Å²) in [6, 6.07) is 2.90. The normalized spacial score (nSPS) is 10.8. The van der Waals surface area contributed by atoms with Crippen LogP contribution in [0.4, 0.5) is 8.78 Å². The molecule has 0 unspecified atom stereocenters. The number of hydrogen-bond donors (Lipinski definition) is 1. The van der Waals surface area contributed by atoms with Crippen molar-refractivity contribution in [3.8, 4) is 5.75 Å². The molecule has 0 bridgehead atoms. The molecule has 1 aromatic carbocycles. The third-order valence-corrected chi connectivity index (χ3v) is 3.20. The molecule has 0 aliphatic carbocycles. The van der Waals surface area contributed by atoms with Crippen LogP contribution in [-0.4, -0.2) is 33.4 Å². The maximum absolute atomic E-state index is 13.0. The number of imidazole rings is 1. The number of rotatable bonds is 5. The molecule has 0 atom stereocenters. The molecule has 0 aliphatic heterocycles. The minimum absolute atomic E-state index is 0.0607. The lowest BCUT2D eigenvalue weighted by Gasteiger charge is -2.08. The van der Waals surface area contributed by atoms with Gasteiger partial charge in [-0.3, -0.25) is 4.79 Å². The molecule has 3 aromatic rings. The summed E-state index contributed by atoms with van der Waals surface area (Å²) in [4.78, 5) is 20.5. The highest BCUT2D eigenvalue weighted by Crippen LogP contribution is 2.15. The molecule has 3 rings (SSSR count). The van der Waals surface area contributed by atoms with Crippen molar-refractivity contribution >= 4 is 11.6 Å². The van der Waals surface area contributed by atoms with Gasteiger partial charge in [0.2, 0.25) is 0 Å². The molecule has 8 heteroatoms. The zero-order valence-corrected chi connectivity index (χ0v) is 12.8. The van der Waals surface area contributed by atoms with Crippen molar-refractivity contribution < 1.29 is 18.3 Å². The SMILES string of the molecule is Cc1cn2ccnc(C(=O)NCCOc3cc(F)cc(F)c3)c2n1. The zero-order chi connectivity index (χ0) is 17.1. The Bertz CT molecular complexity index is 875. The number of ether oxygens (including phenoxy) is 1. The summed E-state index contributed by atoms with van der Waals surface area (Å²) in [6.07, 6.45) is 5.00. The molecule has 24 heavy (non-hydrogen) atoms. The molecule has 0 saturated heterocycles. The second-order valence-corrected chi connectivity index (χ2v) is 5.10. The lowest BCUT2D eigenvalue weighted by atomic mass is 10.3. The van der Waals surface area contributed by atoms with Gasteiger partial charge in [0.15, 0.2) is 11.3 Å². The molecule has 0 radical (unpaired) electrons. The largest absolute Gasteiger partial charge is 0.492 e. The number of amides is 1. The number of hydrogen-bond acceptors (Lipinski definition) is 4. The fourth-order valence-corrected chi connectivity index (χ4v) is 2.23. The van der Waals surface area contributed by atoms with E-state index in [-0.39, 0.29) is 24.6 Å². The van der Waals surface area contributed by atoms with Crippen LogP contribution in [-0.2, 0) is 0 Å². The number of nitrogens with zero attached hydrogens (tertiary/aromatic N) is 3. The Labute approximate surface area is 136 Å². The lowest BCUT2D eigenvalue weighted by molar-refractivity contribution is 0.0943. The number of nitrogens with one attached hydrogen (secondary N) is 1. The average Bonchev–Trinajstić information content (AvgIpc) is 2.90. The van der Waals surface area contributed by atoms with E-state index < -0.39 is 17.5 Å². The van der Waals surface area contributed by atoms with Crippen molar-refractivity contribution in [2.75, 3.05) is 13.2 Å². The van der Waals surface area contributed by atoms with Gasteiger partial charge in [0.1, 0.15) is 24.0 Å². The van der Waals surface area contributed by atoms with Crippen molar-refractivity contribution in [2.45, 2.75) is 6.92 Å². The molecule has 0 fully saturated rings. The van der Waals surface area contributed by atoms with E-state index in [4.69, 9.17) is 4.74 Å². The standard InChI is InChI=1S/C16H14F2N4O2/c1-10-9-22-4-2-19-14(15(22)21-10)16(23)20-3-5-24-13-7-11(17)6-12(18)8-13/h2,4,6-9H,3,5H2,1H3,(H,20,23). The Balaban J connectivity index is 1.59. The van der Waals surface area contributed by atoms with Gasteiger partial charge >= 0.3 is 0 Å². The van der Waals surface area contributed by atoms with Gasteiger partial charge < -0.3 is 14.5 Å². The summed E-state index contributed by atoms with van der Waals surface area (Å²) in [5.74, 6) is -1.79. The third kappa shape index (κ3) is 3.48. The minimum Gasteiger partial charge on any atom is -0.492 e. The molecule has 2 heterocycles. The molecule has 1 N–H and O–H groups in total. The van der Waals surface area contributed by atoms with Crippen LogP contribution in [0.2, 0.25) is 0 Å². The topological polar surface area (TPSA) is 68.5 Å². The fraction of sp³-hybridized carbons (Fsp3) is 0.188. The summed E-state index contributed by atoms with van der Waals surface area (Å²) in [7, 11) is 0. The highest BCUT2D eigenvalue weighted by atomic mass is 19.1. The van der Waals surface area contributed by atoms with Gasteiger partial charge in [-0.15, -0.1) is 0 Å². The van der Waals surface area contributed by atoms with Gasteiger partial charge in [-0.2, -0.15) is 0 Å². The first-order chi connectivity index (χ1) is 11.5. The van der Waals surface area contributed by atoms with Gasteiger partial charge in [-0.25, -0.2) is 18.7 Å². The van der Waals surface area contributed by atoms with Crippen LogP contribution in [0.1, 0.15) is 16.2 Å². The summed E-state index contributed by atoms with van der Waals surface area (Å²) in [5.41, 5.74) is 1.43. The second-order valence-electron chi connectivity index (χ2n) is 5.10. The van der Waals surface area contributed by atoms with Crippen LogP contribution in [0, 0.1) is 18.6 Å². The van der Waals surface area contributed by atoms with E-state index in [9.17, 15) is 13.6 Å². The van der Waals surface area contributed by atoms with Crippen molar-refractivity contribution in [1.82, 2.24) is 19.7 Å². The van der Waals surface area contributed by atoms with Crippen molar-refractivity contribution in [3.63, 3.8) is 0 Å². The Morgan fingerprint density at radius 2 is 2.04 bits per heavy atom. The summed E-state index contributed by atoms with van der Waals surface area (Å²) in [5, 5.41) is 2.63. The first kappa shape index (κ1) is 15.9. The number of aromatic nitrogens is 3. The number of aryl methyl sites for hydroxylation is 1. The van der Waals surface area contributed by atoms with Gasteiger partial charge in [0.25, 0.3) is 5.91 Å². The highest BCUT2D eigenvalue weighted by molar-refractivity contribution is 5.97. The highest BCUT2D eigenvalue weighted by Gasteiger charge is 2.13. The summed E-state index contributed by atoms with van der Waals surface area (Å²) >= 11 is 0. The molecule has 6 nitrogen and oxygen atoms in total. The van der Waals surface area contributed by atoms with Crippen LogP contribution in [0.5, 0.6) is 5.75 Å². The van der Waals surface area contributed by atoms with E-state index in [1.54, 1.807) is 16.8 Å². The number of halogens is 2. The molecular formula is C16H14F2N4O2. The van der Waals surface area contributed by atoms with Crippen LogP contribution in [0.25, 0.3) is 5.65 Å². The third-order valence-electron chi connectivity index (χ3n) is 3.20. The van der Waals surface area contributed by atoms with Gasteiger partial charge in [0.05, 0.1) is 12.2 Å². The molecule has 124 valence electrons. The van der Waals surface area contributed by atoms with Crippen molar-refractivity contribution in [3.05, 3.63) is 59.8 Å². The molecule has 0 aliphatic rings. The lowest BCUT2D eigenvalue weighted by Crippen LogP contribution is -2.29. The van der Waals surface area contributed by atoms with Crippen LogP contribution < -0.4 is 10.1 Å². The quantitative estimate of drug-likeness (QED) is 0.727. The predicted molar refractivity (Wildman–Crippen MR) is 81.9 cm³/mol. The Hall–Kier alpha value is -3.03. The first-order valence-electron chi connectivity index (χ1n) is 7.20. The van der Waals surface area contributed by atoms with E-state index >= 15 is 0 Å². The van der Waals surface area contributed by atoms with Gasteiger partial charge in [0, 0.05) is 36.8 Å². The van der Waals surface area contributed by atoms with Crippen molar-refractivity contribution in [2.24, 2.45) is 0 Å². The molecular weight excluding hydrogens is 318 g/mol.